The predicted octanol–water partition coefficient (Wildman–Crippen LogP) is 2.55. The van der Waals surface area contributed by atoms with Gasteiger partial charge in [-0.3, -0.25) is 0 Å². The maximum Gasteiger partial charge on any atom is 0.169 e. The molecule has 0 amide bonds. The lowest BCUT2D eigenvalue weighted by atomic mass is 9.95. The van der Waals surface area contributed by atoms with Crippen molar-refractivity contribution in [2.45, 2.75) is 57.6 Å². The van der Waals surface area contributed by atoms with E-state index in [-0.39, 0.29) is 0 Å². The highest BCUT2D eigenvalue weighted by molar-refractivity contribution is 7.80. The average molecular weight is 270 g/mol. The zero-order valence-electron chi connectivity index (χ0n) is 11.7. The maximum absolute atomic E-state index is 5.55. The first-order valence-electron chi connectivity index (χ1n) is 7.29. The fraction of sp³-hybridized carbons (Fsp3) is 0.929. The van der Waals surface area contributed by atoms with Gasteiger partial charge < -0.3 is 15.0 Å². The number of likely N-dealkylation sites (tertiary alicyclic amines) is 1. The van der Waals surface area contributed by atoms with Crippen LogP contribution in [0.25, 0.3) is 0 Å². The molecule has 104 valence electrons. The Hall–Kier alpha value is -0.350. The van der Waals surface area contributed by atoms with Crippen LogP contribution in [-0.4, -0.2) is 42.4 Å². The highest BCUT2D eigenvalue weighted by Crippen LogP contribution is 2.21. The molecule has 0 aromatic heterocycles. The van der Waals surface area contributed by atoms with Gasteiger partial charge in [-0.25, -0.2) is 0 Å². The van der Waals surface area contributed by atoms with Gasteiger partial charge in [0.2, 0.25) is 0 Å². The van der Waals surface area contributed by atoms with Crippen LogP contribution in [0.2, 0.25) is 0 Å². The molecular weight excluding hydrogens is 244 g/mol. The molecule has 2 rings (SSSR count). The molecule has 1 saturated carbocycles. The van der Waals surface area contributed by atoms with Crippen LogP contribution >= 0.6 is 12.2 Å². The van der Waals surface area contributed by atoms with Gasteiger partial charge >= 0.3 is 0 Å². The zero-order chi connectivity index (χ0) is 13.0. The molecule has 1 heterocycles. The van der Waals surface area contributed by atoms with Gasteiger partial charge in [-0.2, -0.15) is 0 Å². The molecule has 18 heavy (non-hydrogen) atoms. The lowest BCUT2D eigenvalue weighted by Crippen LogP contribution is -2.52. The third-order valence-electron chi connectivity index (χ3n) is 4.41. The summed E-state index contributed by atoms with van der Waals surface area (Å²) in [7, 11) is 1.81. The van der Waals surface area contributed by atoms with Gasteiger partial charge in [-0.15, -0.1) is 0 Å². The second-order valence-electron chi connectivity index (χ2n) is 5.77. The number of piperidine rings is 1. The normalized spacial score (nSPS) is 30.2. The number of rotatable bonds is 2. The van der Waals surface area contributed by atoms with Crippen LogP contribution in [-0.2, 0) is 4.74 Å². The van der Waals surface area contributed by atoms with E-state index in [4.69, 9.17) is 17.0 Å². The van der Waals surface area contributed by atoms with E-state index in [0.717, 1.165) is 18.2 Å². The molecule has 3 nitrogen and oxygen atoms in total. The summed E-state index contributed by atoms with van der Waals surface area (Å²) >= 11 is 5.55. The molecule has 4 heteroatoms. The van der Waals surface area contributed by atoms with Crippen molar-refractivity contribution in [1.82, 2.24) is 10.2 Å². The smallest absolute Gasteiger partial charge is 0.169 e. The lowest BCUT2D eigenvalue weighted by Gasteiger charge is -2.39. The summed E-state index contributed by atoms with van der Waals surface area (Å²) in [5, 5.41) is 4.49. The Kier molecular flexibility index (Phi) is 5.25. The van der Waals surface area contributed by atoms with Gasteiger partial charge in [0.15, 0.2) is 5.11 Å². The first kappa shape index (κ1) is 14.1. The van der Waals surface area contributed by atoms with Crippen molar-refractivity contribution in [3.8, 4) is 0 Å². The molecule has 0 aromatic rings. The molecule has 0 aromatic carbocycles. The number of thiocarbonyl (C=S) groups is 1. The van der Waals surface area contributed by atoms with Crippen LogP contribution in [0, 0.1) is 5.92 Å². The first-order chi connectivity index (χ1) is 8.70. The third kappa shape index (κ3) is 3.58. The predicted molar refractivity (Wildman–Crippen MR) is 78.8 cm³/mol. The van der Waals surface area contributed by atoms with Gasteiger partial charge in [0.1, 0.15) is 0 Å². The van der Waals surface area contributed by atoms with E-state index < -0.39 is 0 Å². The van der Waals surface area contributed by atoms with E-state index in [1.165, 1.54) is 38.5 Å². The van der Waals surface area contributed by atoms with Gasteiger partial charge in [-0.05, 0) is 37.4 Å². The molecule has 2 aliphatic rings. The summed E-state index contributed by atoms with van der Waals surface area (Å²) in [6.07, 6.45) is 8.12. The van der Waals surface area contributed by atoms with E-state index >= 15 is 0 Å². The third-order valence-corrected chi connectivity index (χ3v) is 4.79. The van der Waals surface area contributed by atoms with Crippen LogP contribution in [0.1, 0.15) is 45.4 Å². The van der Waals surface area contributed by atoms with E-state index in [0.29, 0.717) is 18.1 Å². The minimum Gasteiger partial charge on any atom is -0.379 e. The van der Waals surface area contributed by atoms with Gasteiger partial charge in [0.25, 0.3) is 0 Å². The number of ether oxygens (including phenoxy) is 1. The summed E-state index contributed by atoms with van der Waals surface area (Å²) in [5.41, 5.74) is 0. The first-order valence-corrected chi connectivity index (χ1v) is 7.69. The topological polar surface area (TPSA) is 24.5 Å². The standard InChI is InChI=1S/C14H26N2OS/c1-11-8-9-16(10-13(11)17-2)14(18)15-12-6-4-3-5-7-12/h11-13H,3-10H2,1-2H3,(H,15,18). The average Bonchev–Trinajstić information content (AvgIpc) is 2.40. The Labute approximate surface area is 116 Å². The van der Waals surface area contributed by atoms with E-state index in [1.807, 2.05) is 7.11 Å². The number of hydrogen-bond donors (Lipinski definition) is 1. The summed E-state index contributed by atoms with van der Waals surface area (Å²) in [6, 6.07) is 0.603. The fourth-order valence-electron chi connectivity index (χ4n) is 3.04. The Morgan fingerprint density at radius 1 is 1.22 bits per heavy atom. The minimum absolute atomic E-state index is 0.324. The van der Waals surface area contributed by atoms with Crippen molar-refractivity contribution in [1.29, 1.82) is 0 Å². The molecule has 0 spiro atoms. The van der Waals surface area contributed by atoms with Crippen LogP contribution < -0.4 is 5.32 Å². The molecule has 0 radical (unpaired) electrons. The Bertz CT molecular complexity index is 279. The van der Waals surface area contributed by atoms with E-state index in [1.54, 1.807) is 0 Å². The summed E-state index contributed by atoms with van der Waals surface area (Å²) in [5.74, 6) is 0.642. The quantitative estimate of drug-likeness (QED) is 0.779. The molecule has 2 atom stereocenters. The molecular formula is C14H26N2OS. The molecule has 2 unspecified atom stereocenters. The molecule has 1 N–H and O–H groups in total. The summed E-state index contributed by atoms with van der Waals surface area (Å²) in [6.45, 7) is 4.28. The second-order valence-corrected chi connectivity index (χ2v) is 6.16. The number of nitrogens with zero attached hydrogens (tertiary/aromatic N) is 1. The van der Waals surface area contributed by atoms with Crippen LogP contribution in [0.4, 0.5) is 0 Å². The Morgan fingerprint density at radius 3 is 2.61 bits per heavy atom. The fourth-order valence-corrected chi connectivity index (χ4v) is 3.37. The highest BCUT2D eigenvalue weighted by Gasteiger charge is 2.28. The van der Waals surface area contributed by atoms with E-state index in [9.17, 15) is 0 Å². The van der Waals surface area contributed by atoms with Gasteiger partial charge in [0.05, 0.1) is 6.10 Å². The van der Waals surface area contributed by atoms with Gasteiger partial charge in [0, 0.05) is 26.2 Å². The van der Waals surface area contributed by atoms with Crippen molar-refractivity contribution in [3.63, 3.8) is 0 Å². The Balaban J connectivity index is 1.81. The van der Waals surface area contributed by atoms with Crippen molar-refractivity contribution < 1.29 is 4.74 Å². The maximum atomic E-state index is 5.55. The molecule has 1 aliphatic carbocycles. The molecule has 1 aliphatic heterocycles. The number of methoxy groups -OCH3 is 1. The summed E-state index contributed by atoms with van der Waals surface area (Å²) in [4.78, 5) is 2.29. The van der Waals surface area contributed by atoms with Crippen molar-refractivity contribution in [3.05, 3.63) is 0 Å². The lowest BCUT2D eigenvalue weighted by molar-refractivity contribution is 0.0145. The largest absolute Gasteiger partial charge is 0.379 e. The van der Waals surface area contributed by atoms with E-state index in [2.05, 4.69) is 17.1 Å². The number of nitrogens with one attached hydrogen (secondary N) is 1. The SMILES string of the molecule is COC1CN(C(=S)NC2CCCCC2)CCC1C. The Morgan fingerprint density at radius 2 is 1.94 bits per heavy atom. The van der Waals surface area contributed by atoms with Crippen LogP contribution in [0.5, 0.6) is 0 Å². The van der Waals surface area contributed by atoms with Crippen molar-refractivity contribution in [2.24, 2.45) is 5.92 Å². The molecule has 2 fully saturated rings. The second kappa shape index (κ2) is 6.71. The monoisotopic (exact) mass is 270 g/mol. The van der Waals surface area contributed by atoms with Crippen molar-refractivity contribution in [2.75, 3.05) is 20.2 Å². The highest BCUT2D eigenvalue weighted by atomic mass is 32.1. The zero-order valence-corrected chi connectivity index (χ0v) is 12.5. The summed E-state index contributed by atoms with van der Waals surface area (Å²) < 4.78 is 5.54. The van der Waals surface area contributed by atoms with Gasteiger partial charge in [-0.1, -0.05) is 26.2 Å². The minimum atomic E-state index is 0.324. The van der Waals surface area contributed by atoms with Crippen molar-refractivity contribution >= 4 is 17.3 Å². The molecule has 0 bridgehead atoms. The van der Waals surface area contributed by atoms with Crippen LogP contribution in [0.3, 0.4) is 0 Å². The molecule has 1 saturated heterocycles. The van der Waals surface area contributed by atoms with Crippen LogP contribution in [0.15, 0.2) is 0 Å². The number of hydrogen-bond acceptors (Lipinski definition) is 2.